The van der Waals surface area contributed by atoms with E-state index in [0.717, 1.165) is 25.0 Å². The van der Waals surface area contributed by atoms with Crippen LogP contribution in [0.15, 0.2) is 47.3 Å². The number of pyridine rings is 1. The molecule has 0 spiro atoms. The summed E-state index contributed by atoms with van der Waals surface area (Å²) in [7, 11) is 0. The molecule has 0 aromatic carbocycles. The Kier molecular flexibility index (Phi) is 4.31. The highest BCUT2D eigenvalue weighted by Gasteiger charge is 2.24. The predicted octanol–water partition coefficient (Wildman–Crippen LogP) is 2.50. The summed E-state index contributed by atoms with van der Waals surface area (Å²) < 4.78 is 10.9. The largest absolute Gasteiger partial charge is 0.459 e. The zero-order chi connectivity index (χ0) is 14.5. The lowest BCUT2D eigenvalue weighted by Gasteiger charge is -2.24. The highest BCUT2D eigenvalue weighted by molar-refractivity contribution is 5.91. The molecule has 1 aliphatic heterocycles. The summed E-state index contributed by atoms with van der Waals surface area (Å²) in [6.07, 6.45) is 7.18. The molecular formula is C16H18N2O3. The second-order valence-electron chi connectivity index (χ2n) is 5.16. The van der Waals surface area contributed by atoms with Crippen LogP contribution in [0.2, 0.25) is 0 Å². The molecule has 0 radical (unpaired) electrons. The van der Waals surface area contributed by atoms with E-state index in [4.69, 9.17) is 9.15 Å². The number of aromatic nitrogens is 1. The Labute approximate surface area is 123 Å². The van der Waals surface area contributed by atoms with Crippen LogP contribution in [0.1, 0.15) is 29.0 Å². The van der Waals surface area contributed by atoms with Gasteiger partial charge < -0.3 is 14.1 Å². The van der Waals surface area contributed by atoms with Gasteiger partial charge in [-0.15, -0.1) is 0 Å². The van der Waals surface area contributed by atoms with E-state index in [1.54, 1.807) is 29.4 Å². The van der Waals surface area contributed by atoms with E-state index in [-0.39, 0.29) is 12.0 Å². The SMILES string of the molecule is O=C(c1ccco1)N(Cc1cccnc1)CC1CCCO1. The van der Waals surface area contributed by atoms with Gasteiger partial charge in [-0.25, -0.2) is 0 Å². The number of carbonyl (C=O) groups is 1. The number of hydrogen-bond donors (Lipinski definition) is 0. The van der Waals surface area contributed by atoms with Crippen molar-refractivity contribution >= 4 is 5.91 Å². The van der Waals surface area contributed by atoms with Gasteiger partial charge in [0.25, 0.3) is 5.91 Å². The molecule has 5 heteroatoms. The number of amides is 1. The Morgan fingerprint density at radius 3 is 3.00 bits per heavy atom. The lowest BCUT2D eigenvalue weighted by Crippen LogP contribution is -2.36. The molecule has 1 unspecified atom stereocenters. The molecule has 1 saturated heterocycles. The van der Waals surface area contributed by atoms with E-state index < -0.39 is 0 Å². The van der Waals surface area contributed by atoms with Crippen LogP contribution in [0.4, 0.5) is 0 Å². The fraction of sp³-hybridized carbons (Fsp3) is 0.375. The Balaban J connectivity index is 1.75. The molecule has 1 fully saturated rings. The number of hydrogen-bond acceptors (Lipinski definition) is 4. The van der Waals surface area contributed by atoms with E-state index in [2.05, 4.69) is 4.98 Å². The molecule has 2 aromatic heterocycles. The molecule has 0 saturated carbocycles. The second-order valence-corrected chi connectivity index (χ2v) is 5.16. The van der Waals surface area contributed by atoms with Crippen molar-refractivity contribution in [3.05, 3.63) is 54.2 Å². The van der Waals surface area contributed by atoms with Crippen molar-refractivity contribution in [2.24, 2.45) is 0 Å². The van der Waals surface area contributed by atoms with Crippen molar-refractivity contribution < 1.29 is 13.9 Å². The minimum absolute atomic E-state index is 0.112. The van der Waals surface area contributed by atoms with Crippen molar-refractivity contribution in [1.82, 2.24) is 9.88 Å². The van der Waals surface area contributed by atoms with Crippen molar-refractivity contribution in [2.45, 2.75) is 25.5 Å². The van der Waals surface area contributed by atoms with Gasteiger partial charge in [-0.3, -0.25) is 9.78 Å². The molecule has 0 bridgehead atoms. The minimum Gasteiger partial charge on any atom is -0.459 e. The Morgan fingerprint density at radius 1 is 1.38 bits per heavy atom. The molecule has 110 valence electrons. The third-order valence-electron chi connectivity index (χ3n) is 3.56. The van der Waals surface area contributed by atoms with Crippen LogP contribution >= 0.6 is 0 Å². The van der Waals surface area contributed by atoms with E-state index in [1.165, 1.54) is 6.26 Å². The number of ether oxygens (including phenoxy) is 1. The second kappa shape index (κ2) is 6.54. The summed E-state index contributed by atoms with van der Waals surface area (Å²) in [4.78, 5) is 18.4. The topological polar surface area (TPSA) is 55.6 Å². The summed E-state index contributed by atoms with van der Waals surface area (Å²) in [6, 6.07) is 7.25. The van der Waals surface area contributed by atoms with Crippen LogP contribution in [-0.2, 0) is 11.3 Å². The Morgan fingerprint density at radius 2 is 2.33 bits per heavy atom. The fourth-order valence-corrected chi connectivity index (χ4v) is 2.52. The lowest BCUT2D eigenvalue weighted by molar-refractivity contribution is 0.0484. The number of carbonyl (C=O) groups excluding carboxylic acids is 1. The first-order valence-electron chi connectivity index (χ1n) is 7.16. The molecule has 1 atom stereocenters. The van der Waals surface area contributed by atoms with Crippen molar-refractivity contribution in [2.75, 3.05) is 13.2 Å². The van der Waals surface area contributed by atoms with Gasteiger partial charge in [0.1, 0.15) is 0 Å². The quantitative estimate of drug-likeness (QED) is 0.847. The number of rotatable bonds is 5. The van der Waals surface area contributed by atoms with Gasteiger partial charge >= 0.3 is 0 Å². The van der Waals surface area contributed by atoms with Gasteiger partial charge in [0.05, 0.1) is 12.4 Å². The Hall–Kier alpha value is -2.14. The standard InChI is InChI=1S/C16H18N2O3/c19-16(15-6-3-9-21-15)18(12-14-5-2-8-20-14)11-13-4-1-7-17-10-13/h1,3-4,6-7,9-10,14H,2,5,8,11-12H2. The average molecular weight is 286 g/mol. The van der Waals surface area contributed by atoms with Crippen molar-refractivity contribution in [1.29, 1.82) is 0 Å². The molecule has 2 aromatic rings. The molecule has 0 N–H and O–H groups in total. The zero-order valence-corrected chi connectivity index (χ0v) is 11.8. The van der Waals surface area contributed by atoms with Gasteiger partial charge in [-0.1, -0.05) is 6.07 Å². The minimum atomic E-state index is -0.112. The van der Waals surface area contributed by atoms with Gasteiger partial charge in [0.15, 0.2) is 5.76 Å². The van der Waals surface area contributed by atoms with Crippen LogP contribution in [0, 0.1) is 0 Å². The Bertz CT molecular complexity index is 562. The molecule has 1 amide bonds. The fourth-order valence-electron chi connectivity index (χ4n) is 2.52. The van der Waals surface area contributed by atoms with E-state index in [1.807, 2.05) is 12.1 Å². The smallest absolute Gasteiger partial charge is 0.289 e. The monoisotopic (exact) mass is 286 g/mol. The van der Waals surface area contributed by atoms with Gasteiger partial charge in [-0.05, 0) is 36.6 Å². The molecule has 3 rings (SSSR count). The first-order chi connectivity index (χ1) is 10.3. The van der Waals surface area contributed by atoms with Gasteiger partial charge in [0.2, 0.25) is 0 Å². The zero-order valence-electron chi connectivity index (χ0n) is 11.8. The summed E-state index contributed by atoms with van der Waals surface area (Å²) in [5.41, 5.74) is 0.996. The summed E-state index contributed by atoms with van der Waals surface area (Å²) in [5, 5.41) is 0. The maximum absolute atomic E-state index is 12.6. The van der Waals surface area contributed by atoms with Crippen LogP contribution in [-0.4, -0.2) is 35.0 Å². The first kappa shape index (κ1) is 13.8. The molecule has 0 aliphatic carbocycles. The summed E-state index contributed by atoms with van der Waals surface area (Å²) in [5.74, 6) is 0.247. The summed E-state index contributed by atoms with van der Waals surface area (Å²) >= 11 is 0. The van der Waals surface area contributed by atoms with E-state index >= 15 is 0 Å². The van der Waals surface area contributed by atoms with Crippen LogP contribution < -0.4 is 0 Å². The van der Waals surface area contributed by atoms with E-state index in [9.17, 15) is 4.79 Å². The highest BCUT2D eigenvalue weighted by atomic mass is 16.5. The molecule has 5 nitrogen and oxygen atoms in total. The predicted molar refractivity (Wildman–Crippen MR) is 76.7 cm³/mol. The molecule has 3 heterocycles. The maximum Gasteiger partial charge on any atom is 0.289 e. The third kappa shape index (κ3) is 3.49. The van der Waals surface area contributed by atoms with Crippen LogP contribution in [0.25, 0.3) is 0 Å². The molecule has 21 heavy (non-hydrogen) atoms. The molecule has 1 aliphatic rings. The molecular weight excluding hydrogens is 268 g/mol. The third-order valence-corrected chi connectivity index (χ3v) is 3.56. The van der Waals surface area contributed by atoms with Gasteiger partial charge in [0, 0.05) is 32.1 Å². The van der Waals surface area contributed by atoms with Crippen LogP contribution in [0.3, 0.4) is 0 Å². The van der Waals surface area contributed by atoms with Crippen LogP contribution in [0.5, 0.6) is 0 Å². The summed E-state index contributed by atoms with van der Waals surface area (Å²) in [6.45, 7) is 1.86. The van der Waals surface area contributed by atoms with E-state index in [0.29, 0.717) is 18.8 Å². The maximum atomic E-state index is 12.6. The number of nitrogens with zero attached hydrogens (tertiary/aromatic N) is 2. The van der Waals surface area contributed by atoms with Crippen molar-refractivity contribution in [3.63, 3.8) is 0 Å². The lowest BCUT2D eigenvalue weighted by atomic mass is 10.2. The average Bonchev–Trinajstić information content (AvgIpc) is 3.20. The first-order valence-corrected chi connectivity index (χ1v) is 7.16. The number of furan rings is 1. The van der Waals surface area contributed by atoms with Crippen molar-refractivity contribution in [3.8, 4) is 0 Å². The van der Waals surface area contributed by atoms with Gasteiger partial charge in [-0.2, -0.15) is 0 Å². The highest BCUT2D eigenvalue weighted by Crippen LogP contribution is 2.17. The normalized spacial score (nSPS) is 17.8.